The lowest BCUT2D eigenvalue weighted by Crippen LogP contribution is -2.41. The van der Waals surface area contributed by atoms with Gasteiger partial charge in [0.25, 0.3) is 0 Å². The van der Waals surface area contributed by atoms with Crippen LogP contribution in [0.2, 0.25) is 0 Å². The molecule has 1 heterocycles. The highest BCUT2D eigenvalue weighted by Crippen LogP contribution is 2.45. The fourth-order valence-corrected chi connectivity index (χ4v) is 3.29. The molecule has 1 saturated carbocycles. The smallest absolute Gasteiger partial charge is 0.0107 e. The molecular weight excluding hydrogens is 184 g/mol. The van der Waals surface area contributed by atoms with Gasteiger partial charge in [-0.1, -0.05) is 19.8 Å². The van der Waals surface area contributed by atoms with Crippen molar-refractivity contribution < 1.29 is 0 Å². The van der Waals surface area contributed by atoms with Crippen LogP contribution < -0.4 is 5.32 Å². The van der Waals surface area contributed by atoms with E-state index in [0.29, 0.717) is 0 Å². The summed E-state index contributed by atoms with van der Waals surface area (Å²) < 4.78 is 0. The van der Waals surface area contributed by atoms with Crippen LogP contribution >= 0.6 is 0 Å². The van der Waals surface area contributed by atoms with Crippen molar-refractivity contribution in [3.63, 3.8) is 0 Å². The second-order valence-corrected chi connectivity index (χ2v) is 5.40. The Balaban J connectivity index is 1.67. The molecule has 2 aliphatic rings. The SMILES string of the molecule is CCNCCN1CCC2(CCCC2)CC1. The summed E-state index contributed by atoms with van der Waals surface area (Å²) in [4.78, 5) is 2.65. The second-order valence-electron chi connectivity index (χ2n) is 5.40. The lowest BCUT2D eigenvalue weighted by Gasteiger charge is -2.39. The maximum Gasteiger partial charge on any atom is 0.0107 e. The lowest BCUT2D eigenvalue weighted by atomic mass is 9.77. The summed E-state index contributed by atoms with van der Waals surface area (Å²) in [5.41, 5.74) is 0.786. The summed E-state index contributed by atoms with van der Waals surface area (Å²) in [5, 5.41) is 3.41. The Labute approximate surface area is 94.4 Å². The van der Waals surface area contributed by atoms with Crippen LogP contribution in [0.3, 0.4) is 0 Å². The van der Waals surface area contributed by atoms with E-state index >= 15 is 0 Å². The molecular formula is C13H26N2. The minimum absolute atomic E-state index is 0.786. The third kappa shape index (κ3) is 2.94. The summed E-state index contributed by atoms with van der Waals surface area (Å²) in [6.07, 6.45) is 8.98. The standard InChI is InChI=1S/C13H26N2/c1-2-14-9-12-15-10-7-13(8-11-15)5-3-4-6-13/h14H,2-12H2,1H3. The minimum atomic E-state index is 0.786. The molecule has 0 aromatic rings. The fraction of sp³-hybridized carbons (Fsp3) is 1.00. The first-order valence-electron chi connectivity index (χ1n) is 6.78. The molecule has 0 unspecified atom stereocenters. The summed E-state index contributed by atoms with van der Waals surface area (Å²) in [7, 11) is 0. The van der Waals surface area contributed by atoms with Crippen LogP contribution in [0.25, 0.3) is 0 Å². The Morgan fingerprint density at radius 2 is 1.73 bits per heavy atom. The molecule has 1 saturated heterocycles. The zero-order valence-corrected chi connectivity index (χ0v) is 10.2. The Morgan fingerprint density at radius 1 is 1.07 bits per heavy atom. The quantitative estimate of drug-likeness (QED) is 0.716. The van der Waals surface area contributed by atoms with Crippen molar-refractivity contribution in [1.82, 2.24) is 10.2 Å². The van der Waals surface area contributed by atoms with E-state index in [2.05, 4.69) is 17.1 Å². The number of rotatable bonds is 4. The minimum Gasteiger partial charge on any atom is -0.316 e. The number of hydrogen-bond donors (Lipinski definition) is 1. The number of likely N-dealkylation sites (N-methyl/N-ethyl adjacent to an activating group) is 1. The second kappa shape index (κ2) is 5.31. The molecule has 0 aromatic carbocycles. The molecule has 2 heteroatoms. The van der Waals surface area contributed by atoms with Crippen molar-refractivity contribution in [2.24, 2.45) is 5.41 Å². The van der Waals surface area contributed by atoms with Crippen LogP contribution in [0, 0.1) is 5.41 Å². The molecule has 1 aliphatic heterocycles. The van der Waals surface area contributed by atoms with Crippen LogP contribution in [-0.2, 0) is 0 Å². The van der Waals surface area contributed by atoms with Crippen LogP contribution in [0.5, 0.6) is 0 Å². The van der Waals surface area contributed by atoms with E-state index in [1.165, 1.54) is 64.7 Å². The van der Waals surface area contributed by atoms with Crippen molar-refractivity contribution >= 4 is 0 Å². The van der Waals surface area contributed by atoms with Gasteiger partial charge in [-0.25, -0.2) is 0 Å². The van der Waals surface area contributed by atoms with Gasteiger partial charge in [0.1, 0.15) is 0 Å². The average Bonchev–Trinajstić information content (AvgIpc) is 2.71. The van der Waals surface area contributed by atoms with E-state index in [4.69, 9.17) is 0 Å². The summed E-state index contributed by atoms with van der Waals surface area (Å²) in [5.74, 6) is 0. The third-order valence-electron chi connectivity index (χ3n) is 4.44. The van der Waals surface area contributed by atoms with E-state index < -0.39 is 0 Å². The predicted molar refractivity (Wildman–Crippen MR) is 65.1 cm³/mol. The van der Waals surface area contributed by atoms with Gasteiger partial charge in [0.2, 0.25) is 0 Å². The largest absolute Gasteiger partial charge is 0.316 e. The normalized spacial score (nSPS) is 26.2. The highest BCUT2D eigenvalue weighted by Gasteiger charge is 2.36. The molecule has 1 aliphatic carbocycles. The van der Waals surface area contributed by atoms with Crippen LogP contribution in [0.1, 0.15) is 45.4 Å². The molecule has 0 atom stereocenters. The van der Waals surface area contributed by atoms with Gasteiger partial charge in [-0.15, -0.1) is 0 Å². The monoisotopic (exact) mass is 210 g/mol. The lowest BCUT2D eigenvalue weighted by molar-refractivity contribution is 0.109. The topological polar surface area (TPSA) is 15.3 Å². The Morgan fingerprint density at radius 3 is 2.33 bits per heavy atom. The van der Waals surface area contributed by atoms with E-state index in [1.54, 1.807) is 0 Å². The fourth-order valence-electron chi connectivity index (χ4n) is 3.29. The molecule has 2 rings (SSSR count). The van der Waals surface area contributed by atoms with Crippen molar-refractivity contribution in [2.45, 2.75) is 45.4 Å². The van der Waals surface area contributed by atoms with Crippen LogP contribution in [-0.4, -0.2) is 37.6 Å². The number of likely N-dealkylation sites (tertiary alicyclic amines) is 1. The Bertz CT molecular complexity index is 175. The Hall–Kier alpha value is -0.0800. The molecule has 0 radical (unpaired) electrons. The van der Waals surface area contributed by atoms with E-state index in [-0.39, 0.29) is 0 Å². The van der Waals surface area contributed by atoms with Gasteiger partial charge in [0, 0.05) is 13.1 Å². The number of nitrogens with one attached hydrogen (secondary N) is 1. The van der Waals surface area contributed by atoms with E-state index in [1.807, 2.05) is 0 Å². The number of hydrogen-bond acceptors (Lipinski definition) is 2. The van der Waals surface area contributed by atoms with Gasteiger partial charge in [0.05, 0.1) is 0 Å². The molecule has 2 fully saturated rings. The van der Waals surface area contributed by atoms with Gasteiger partial charge >= 0.3 is 0 Å². The first-order chi connectivity index (χ1) is 7.35. The van der Waals surface area contributed by atoms with Gasteiger partial charge in [0.15, 0.2) is 0 Å². The molecule has 88 valence electrons. The molecule has 1 N–H and O–H groups in total. The maximum absolute atomic E-state index is 3.41. The highest BCUT2D eigenvalue weighted by molar-refractivity contribution is 4.89. The third-order valence-corrected chi connectivity index (χ3v) is 4.44. The van der Waals surface area contributed by atoms with E-state index in [0.717, 1.165) is 12.0 Å². The zero-order chi connectivity index (χ0) is 10.6. The van der Waals surface area contributed by atoms with Crippen LogP contribution in [0.4, 0.5) is 0 Å². The Kier molecular flexibility index (Phi) is 4.04. The predicted octanol–water partition coefficient (Wildman–Crippen LogP) is 2.25. The zero-order valence-electron chi connectivity index (χ0n) is 10.2. The number of nitrogens with zero attached hydrogens (tertiary/aromatic N) is 1. The molecule has 0 aromatic heterocycles. The summed E-state index contributed by atoms with van der Waals surface area (Å²) in [6.45, 7) is 8.42. The first-order valence-corrected chi connectivity index (χ1v) is 6.78. The average molecular weight is 210 g/mol. The molecule has 1 spiro atoms. The molecule has 0 amide bonds. The van der Waals surface area contributed by atoms with Gasteiger partial charge in [-0.2, -0.15) is 0 Å². The van der Waals surface area contributed by atoms with Crippen molar-refractivity contribution in [2.75, 3.05) is 32.7 Å². The van der Waals surface area contributed by atoms with Crippen LogP contribution in [0.15, 0.2) is 0 Å². The van der Waals surface area contributed by atoms with Crippen molar-refractivity contribution in [3.05, 3.63) is 0 Å². The molecule has 15 heavy (non-hydrogen) atoms. The molecule has 0 bridgehead atoms. The number of piperidine rings is 1. The summed E-state index contributed by atoms with van der Waals surface area (Å²) >= 11 is 0. The van der Waals surface area contributed by atoms with Crippen molar-refractivity contribution in [3.8, 4) is 0 Å². The highest BCUT2D eigenvalue weighted by atomic mass is 15.1. The van der Waals surface area contributed by atoms with Gasteiger partial charge in [-0.3, -0.25) is 0 Å². The maximum atomic E-state index is 3.41. The summed E-state index contributed by atoms with van der Waals surface area (Å²) in [6, 6.07) is 0. The first kappa shape index (κ1) is 11.4. The van der Waals surface area contributed by atoms with Gasteiger partial charge in [-0.05, 0) is 50.7 Å². The van der Waals surface area contributed by atoms with Gasteiger partial charge < -0.3 is 10.2 Å². The van der Waals surface area contributed by atoms with Crippen molar-refractivity contribution in [1.29, 1.82) is 0 Å². The van der Waals surface area contributed by atoms with E-state index in [9.17, 15) is 0 Å². The molecule has 2 nitrogen and oxygen atoms in total.